The van der Waals surface area contributed by atoms with Gasteiger partial charge in [-0.15, -0.1) is 0 Å². The number of hydrogen-bond acceptors (Lipinski definition) is 6. The molecule has 1 atom stereocenters. The fraction of sp³-hybridized carbons (Fsp3) is 0.214. The third-order valence-electron chi connectivity index (χ3n) is 5.97. The molecule has 1 N–H and O–H groups in total. The average molecular weight is 608 g/mol. The lowest BCUT2D eigenvalue weighted by molar-refractivity contribution is 0.483. The lowest BCUT2D eigenvalue weighted by atomic mass is 10.2. The lowest BCUT2D eigenvalue weighted by Crippen LogP contribution is -2.27. The van der Waals surface area contributed by atoms with Gasteiger partial charge in [0.2, 0.25) is 0 Å². The maximum Gasteiger partial charge on any atom is 0.294 e. The smallest absolute Gasteiger partial charge is 0.294 e. The fourth-order valence-corrected chi connectivity index (χ4v) is 7.30. The first-order chi connectivity index (χ1) is 18.1. The summed E-state index contributed by atoms with van der Waals surface area (Å²) in [4.78, 5) is 7.17. The van der Waals surface area contributed by atoms with Gasteiger partial charge in [0.15, 0.2) is 0 Å². The van der Waals surface area contributed by atoms with Crippen molar-refractivity contribution < 1.29 is 13.0 Å². The molecule has 0 amide bonds. The van der Waals surface area contributed by atoms with Crippen LogP contribution in [-0.2, 0) is 10.1 Å². The van der Waals surface area contributed by atoms with Crippen molar-refractivity contribution in [2.24, 2.45) is 0 Å². The van der Waals surface area contributed by atoms with Gasteiger partial charge >= 0.3 is 0 Å². The molecule has 38 heavy (non-hydrogen) atoms. The van der Waals surface area contributed by atoms with Gasteiger partial charge in [-0.05, 0) is 75.4 Å². The van der Waals surface area contributed by atoms with Crippen molar-refractivity contribution in [1.29, 1.82) is 0 Å². The molecule has 2 aliphatic rings. The molecule has 0 radical (unpaired) electrons. The molecule has 0 saturated heterocycles. The largest absolute Gasteiger partial charge is 0.355 e. The van der Waals surface area contributed by atoms with Crippen LogP contribution >= 0.6 is 46.7 Å². The predicted octanol–water partition coefficient (Wildman–Crippen LogP) is 8.52. The summed E-state index contributed by atoms with van der Waals surface area (Å²) in [6.45, 7) is 8.06. The monoisotopic (exact) mass is 606 g/mol. The summed E-state index contributed by atoms with van der Waals surface area (Å²) in [7, 11) is -4.02. The Hall–Kier alpha value is -2.07. The zero-order valence-electron chi connectivity index (χ0n) is 21.1. The fourth-order valence-electron chi connectivity index (χ4n) is 4.11. The second-order valence-corrected chi connectivity index (χ2v) is 13.1. The Labute approximate surface area is 243 Å². The highest BCUT2D eigenvalue weighted by atomic mass is 35.5. The van der Waals surface area contributed by atoms with Crippen LogP contribution in [0.5, 0.6) is 0 Å². The summed E-state index contributed by atoms with van der Waals surface area (Å²) in [6, 6.07) is 18.2. The van der Waals surface area contributed by atoms with Gasteiger partial charge in [-0.2, -0.15) is 8.42 Å². The number of fused-ring (bicyclic) bond motifs is 2. The van der Waals surface area contributed by atoms with Crippen LogP contribution in [0.25, 0.3) is 0 Å². The minimum atomic E-state index is -4.02. The maximum absolute atomic E-state index is 10.5. The summed E-state index contributed by atoms with van der Waals surface area (Å²) >= 11 is 16.0. The van der Waals surface area contributed by atoms with Crippen LogP contribution in [0.15, 0.2) is 98.6 Å². The predicted molar refractivity (Wildman–Crippen MR) is 163 cm³/mol. The maximum atomic E-state index is 10.5. The summed E-state index contributed by atoms with van der Waals surface area (Å²) < 4.78 is 29.6. The molecule has 2 heterocycles. The highest BCUT2D eigenvalue weighted by molar-refractivity contribution is 8.03. The van der Waals surface area contributed by atoms with Crippen LogP contribution in [0.3, 0.4) is 0 Å². The van der Waals surface area contributed by atoms with Crippen LogP contribution < -0.4 is 9.80 Å². The van der Waals surface area contributed by atoms with E-state index < -0.39 is 10.1 Å². The minimum Gasteiger partial charge on any atom is -0.355 e. The Morgan fingerprint density at radius 2 is 1.55 bits per heavy atom. The molecule has 0 fully saturated rings. The summed E-state index contributed by atoms with van der Waals surface area (Å²) in [6.07, 6.45) is 6.64. The first kappa shape index (κ1) is 28.9. The first-order valence-corrected chi connectivity index (χ1v) is 15.9. The van der Waals surface area contributed by atoms with E-state index in [1.54, 1.807) is 23.9 Å². The normalized spacial score (nSPS) is 17.5. The number of aryl methyl sites for hydroxylation is 1. The summed E-state index contributed by atoms with van der Waals surface area (Å²) in [5, 5.41) is 3.09. The number of thioether (sulfide) groups is 2. The van der Waals surface area contributed by atoms with Crippen LogP contribution in [0.4, 0.5) is 11.4 Å². The molecule has 0 aliphatic carbocycles. The van der Waals surface area contributed by atoms with E-state index in [0.29, 0.717) is 5.37 Å². The first-order valence-electron chi connectivity index (χ1n) is 12.0. The van der Waals surface area contributed by atoms with Gasteiger partial charge in [-0.25, -0.2) is 0 Å². The Morgan fingerprint density at radius 1 is 0.921 bits per heavy atom. The van der Waals surface area contributed by atoms with Gasteiger partial charge in [0.05, 0.1) is 26.7 Å². The molecular weight excluding hydrogens is 579 g/mol. The van der Waals surface area contributed by atoms with Crippen LogP contribution in [-0.4, -0.2) is 31.4 Å². The van der Waals surface area contributed by atoms with Gasteiger partial charge in [0, 0.05) is 32.9 Å². The zero-order chi connectivity index (χ0) is 27.4. The number of likely N-dealkylation sites (N-methyl/N-ethyl adjacent to an activating group) is 1. The highest BCUT2D eigenvalue weighted by Gasteiger charge is 2.27. The van der Waals surface area contributed by atoms with Crippen LogP contribution in [0.2, 0.25) is 10.0 Å². The topological polar surface area (TPSA) is 60.9 Å². The Kier molecular flexibility index (Phi) is 9.44. The number of rotatable bonds is 5. The van der Waals surface area contributed by atoms with Crippen molar-refractivity contribution in [3.8, 4) is 0 Å². The van der Waals surface area contributed by atoms with Crippen molar-refractivity contribution in [2.45, 2.75) is 40.8 Å². The molecule has 0 saturated carbocycles. The Bertz CT molecular complexity index is 1480. The molecule has 200 valence electrons. The highest BCUT2D eigenvalue weighted by Crippen LogP contribution is 2.47. The van der Waals surface area contributed by atoms with Gasteiger partial charge < -0.3 is 9.80 Å². The van der Waals surface area contributed by atoms with Crippen molar-refractivity contribution in [1.82, 2.24) is 0 Å². The summed E-state index contributed by atoms with van der Waals surface area (Å²) in [5.41, 5.74) is 3.38. The van der Waals surface area contributed by atoms with E-state index in [-0.39, 0.29) is 4.90 Å². The molecule has 3 aromatic rings. The SMILES string of the molecule is CCN1C(=CC=CC2Sc3ccc(Cl)cc3N2CC)Sc2ccc(Cl)cc21.Cc1ccc(S(=O)(=O)O)cc1. The van der Waals surface area contributed by atoms with Gasteiger partial charge in [0.25, 0.3) is 10.1 Å². The van der Waals surface area contributed by atoms with Gasteiger partial charge in [-0.3, -0.25) is 4.55 Å². The molecule has 5 rings (SSSR count). The molecule has 3 aromatic carbocycles. The molecule has 0 bridgehead atoms. The quantitative estimate of drug-likeness (QED) is 0.292. The van der Waals surface area contributed by atoms with Crippen molar-refractivity contribution in [2.75, 3.05) is 22.9 Å². The molecule has 1 unspecified atom stereocenters. The Morgan fingerprint density at radius 3 is 2.16 bits per heavy atom. The van der Waals surface area contributed by atoms with E-state index in [4.69, 9.17) is 27.8 Å². The molecule has 10 heteroatoms. The molecule has 5 nitrogen and oxygen atoms in total. The van der Waals surface area contributed by atoms with E-state index in [2.05, 4.69) is 60.1 Å². The van der Waals surface area contributed by atoms with Crippen molar-refractivity contribution in [3.63, 3.8) is 0 Å². The van der Waals surface area contributed by atoms with E-state index >= 15 is 0 Å². The number of halogens is 2. The van der Waals surface area contributed by atoms with Crippen molar-refractivity contribution in [3.05, 3.63) is 99.5 Å². The zero-order valence-corrected chi connectivity index (χ0v) is 25.1. The van der Waals surface area contributed by atoms with Crippen molar-refractivity contribution >= 4 is 68.2 Å². The Balaban J connectivity index is 0.000000257. The third-order valence-corrected chi connectivity index (χ3v) is 9.69. The second-order valence-electron chi connectivity index (χ2n) is 8.54. The number of allylic oxidation sites excluding steroid dienone is 2. The number of benzene rings is 3. The second kappa shape index (κ2) is 12.4. The van der Waals surface area contributed by atoms with Gasteiger partial charge in [0.1, 0.15) is 0 Å². The molecule has 0 aromatic heterocycles. The molecule has 0 spiro atoms. The standard InChI is InChI=1S/C21H20Cl2N2S2.C7H8O3S/c1-3-24-16-12-14(22)8-10-18(16)26-20(24)6-5-7-21-25(4-2)17-13-15(23)9-11-19(17)27-21;1-6-2-4-7(5-3-6)11(8,9)10/h5-13,20H,3-4H2,1-2H3;2-5H,1H3,(H,8,9,10). The van der Waals surface area contributed by atoms with Crippen LogP contribution in [0.1, 0.15) is 19.4 Å². The van der Waals surface area contributed by atoms with E-state index in [1.165, 1.54) is 38.3 Å². The molecular formula is C28H28Cl2N2O3S3. The third kappa shape index (κ3) is 6.73. The number of hydrogen-bond donors (Lipinski definition) is 1. The average Bonchev–Trinajstić information content (AvgIpc) is 3.40. The minimum absolute atomic E-state index is 0.0666. The lowest BCUT2D eigenvalue weighted by Gasteiger charge is -2.22. The molecule has 2 aliphatic heterocycles. The number of anilines is 2. The summed E-state index contributed by atoms with van der Waals surface area (Å²) in [5.74, 6) is 0. The van der Waals surface area contributed by atoms with E-state index in [0.717, 1.165) is 28.7 Å². The van der Waals surface area contributed by atoms with Gasteiger partial charge in [-0.1, -0.05) is 76.6 Å². The van der Waals surface area contributed by atoms with E-state index in [1.807, 2.05) is 36.9 Å². The van der Waals surface area contributed by atoms with E-state index in [9.17, 15) is 8.42 Å². The number of nitrogens with zero attached hydrogens (tertiary/aromatic N) is 2. The van der Waals surface area contributed by atoms with Crippen LogP contribution in [0, 0.1) is 6.92 Å².